The van der Waals surface area contributed by atoms with Gasteiger partial charge in [-0.25, -0.2) is 8.78 Å². The Morgan fingerprint density at radius 2 is 1.04 bits per heavy atom. The van der Waals surface area contributed by atoms with Crippen molar-refractivity contribution in [2.24, 2.45) is 0 Å². The zero-order valence-corrected chi connectivity index (χ0v) is 14.9. The number of halogens is 2. The molecule has 0 radical (unpaired) electrons. The Hall–Kier alpha value is -3.54. The van der Waals surface area contributed by atoms with E-state index < -0.39 is 11.6 Å². The molecule has 0 heterocycles. The summed E-state index contributed by atoms with van der Waals surface area (Å²) in [5.41, 5.74) is 2.49. The van der Waals surface area contributed by atoms with Crippen molar-refractivity contribution < 1.29 is 18.4 Å². The van der Waals surface area contributed by atoms with E-state index in [0.717, 1.165) is 11.1 Å². The molecule has 4 nitrogen and oxygen atoms in total. The van der Waals surface area contributed by atoms with Crippen LogP contribution >= 0.6 is 0 Å². The summed E-state index contributed by atoms with van der Waals surface area (Å²) >= 11 is 0. The monoisotopic (exact) mass is 380 g/mol. The summed E-state index contributed by atoms with van der Waals surface area (Å²) in [6, 6.07) is 18.1. The molecule has 0 saturated heterocycles. The number of benzene rings is 3. The van der Waals surface area contributed by atoms with Crippen LogP contribution in [-0.4, -0.2) is 11.8 Å². The fourth-order valence-electron chi connectivity index (χ4n) is 2.62. The lowest BCUT2D eigenvalue weighted by molar-refractivity contribution is 0.0943. The highest BCUT2D eigenvalue weighted by Crippen LogP contribution is 2.08. The van der Waals surface area contributed by atoms with E-state index in [4.69, 9.17) is 0 Å². The summed E-state index contributed by atoms with van der Waals surface area (Å²) in [6.07, 6.45) is 0. The standard InChI is InChI=1S/C22H18F2N2O2/c23-19-8-4-17(5-9-19)21(27)25-13-15-2-1-3-16(12-15)14-26-22(28)18-6-10-20(24)11-7-18/h1-12H,13-14H2,(H,25,27)(H,26,28). The first-order chi connectivity index (χ1) is 13.5. The third-order valence-corrected chi connectivity index (χ3v) is 4.11. The second-order valence-corrected chi connectivity index (χ2v) is 6.20. The normalized spacial score (nSPS) is 10.4. The Balaban J connectivity index is 1.54. The van der Waals surface area contributed by atoms with E-state index in [1.807, 2.05) is 24.3 Å². The van der Waals surface area contributed by atoms with Crippen LogP contribution in [0.3, 0.4) is 0 Å². The van der Waals surface area contributed by atoms with Crippen LogP contribution < -0.4 is 10.6 Å². The Kier molecular flexibility index (Phi) is 6.11. The fraction of sp³-hybridized carbons (Fsp3) is 0.0909. The summed E-state index contributed by atoms with van der Waals surface area (Å²) in [6.45, 7) is 0.603. The molecule has 0 spiro atoms. The molecule has 2 amide bonds. The summed E-state index contributed by atoms with van der Waals surface area (Å²) in [5.74, 6) is -1.39. The van der Waals surface area contributed by atoms with Gasteiger partial charge in [-0.15, -0.1) is 0 Å². The van der Waals surface area contributed by atoms with Crippen LogP contribution in [0.1, 0.15) is 31.8 Å². The molecule has 0 aliphatic carbocycles. The average Bonchev–Trinajstić information content (AvgIpc) is 2.71. The molecule has 142 valence electrons. The van der Waals surface area contributed by atoms with Crippen molar-refractivity contribution in [3.8, 4) is 0 Å². The molecule has 0 aliphatic rings. The SMILES string of the molecule is O=C(NCc1cccc(CNC(=O)c2ccc(F)cc2)c1)c1ccc(F)cc1. The molecule has 0 unspecified atom stereocenters. The second kappa shape index (κ2) is 8.90. The number of amides is 2. The molecule has 0 bridgehead atoms. The van der Waals surface area contributed by atoms with Gasteiger partial charge in [-0.1, -0.05) is 24.3 Å². The van der Waals surface area contributed by atoms with Gasteiger partial charge in [0.25, 0.3) is 11.8 Å². The number of rotatable bonds is 6. The van der Waals surface area contributed by atoms with E-state index in [9.17, 15) is 18.4 Å². The highest BCUT2D eigenvalue weighted by atomic mass is 19.1. The van der Waals surface area contributed by atoms with Crippen molar-refractivity contribution in [2.75, 3.05) is 0 Å². The maximum atomic E-state index is 12.9. The number of nitrogens with one attached hydrogen (secondary N) is 2. The van der Waals surface area contributed by atoms with Crippen LogP contribution in [0.15, 0.2) is 72.8 Å². The summed E-state index contributed by atoms with van der Waals surface area (Å²) in [5, 5.41) is 5.55. The third kappa shape index (κ3) is 5.23. The van der Waals surface area contributed by atoms with Crippen molar-refractivity contribution in [1.29, 1.82) is 0 Å². The van der Waals surface area contributed by atoms with Gasteiger partial charge in [0.2, 0.25) is 0 Å². The Morgan fingerprint density at radius 1 is 0.643 bits per heavy atom. The number of hydrogen-bond donors (Lipinski definition) is 2. The molecule has 28 heavy (non-hydrogen) atoms. The molecular weight excluding hydrogens is 362 g/mol. The topological polar surface area (TPSA) is 58.2 Å². The van der Waals surface area contributed by atoms with Crippen molar-refractivity contribution >= 4 is 11.8 Å². The maximum Gasteiger partial charge on any atom is 0.251 e. The molecular formula is C22H18F2N2O2. The quantitative estimate of drug-likeness (QED) is 0.683. The Morgan fingerprint density at radius 3 is 1.43 bits per heavy atom. The lowest BCUT2D eigenvalue weighted by Gasteiger charge is -2.09. The molecule has 0 aliphatic heterocycles. The van der Waals surface area contributed by atoms with Gasteiger partial charge in [-0.3, -0.25) is 9.59 Å². The van der Waals surface area contributed by atoms with Gasteiger partial charge < -0.3 is 10.6 Å². The highest BCUT2D eigenvalue weighted by Gasteiger charge is 2.07. The minimum Gasteiger partial charge on any atom is -0.348 e. The average molecular weight is 380 g/mol. The van der Waals surface area contributed by atoms with Crippen LogP contribution in [0.4, 0.5) is 8.78 Å². The van der Waals surface area contributed by atoms with Crippen molar-refractivity contribution in [3.05, 3.63) is 107 Å². The Labute approximate surface area is 161 Å². The predicted molar refractivity (Wildman–Crippen MR) is 102 cm³/mol. The van der Waals surface area contributed by atoms with Gasteiger partial charge >= 0.3 is 0 Å². The first-order valence-corrected chi connectivity index (χ1v) is 8.66. The Bertz CT molecular complexity index is 894. The molecule has 3 rings (SSSR count). The number of carbonyl (C=O) groups excluding carboxylic acids is 2. The molecule has 0 aromatic heterocycles. The minimum absolute atomic E-state index is 0.296. The summed E-state index contributed by atoms with van der Waals surface area (Å²) < 4.78 is 25.8. The molecule has 6 heteroatoms. The van der Waals surface area contributed by atoms with Crippen LogP contribution in [0.25, 0.3) is 0 Å². The van der Waals surface area contributed by atoms with Gasteiger partial charge in [-0.2, -0.15) is 0 Å². The fourth-order valence-corrected chi connectivity index (χ4v) is 2.62. The van der Waals surface area contributed by atoms with Crippen LogP contribution in [0, 0.1) is 11.6 Å². The predicted octanol–water partition coefficient (Wildman–Crippen LogP) is 3.82. The third-order valence-electron chi connectivity index (χ3n) is 4.11. The van der Waals surface area contributed by atoms with Crippen LogP contribution in [0.2, 0.25) is 0 Å². The molecule has 0 fully saturated rings. The largest absolute Gasteiger partial charge is 0.348 e. The van der Waals surface area contributed by atoms with E-state index in [1.165, 1.54) is 48.5 Å². The lowest BCUT2D eigenvalue weighted by Crippen LogP contribution is -2.24. The first kappa shape index (κ1) is 19.2. The van der Waals surface area contributed by atoms with E-state index in [0.29, 0.717) is 24.2 Å². The smallest absolute Gasteiger partial charge is 0.251 e. The zero-order chi connectivity index (χ0) is 19.9. The van der Waals surface area contributed by atoms with Crippen molar-refractivity contribution in [3.63, 3.8) is 0 Å². The molecule has 0 saturated carbocycles. The highest BCUT2D eigenvalue weighted by molar-refractivity contribution is 5.94. The van der Waals surface area contributed by atoms with Crippen molar-refractivity contribution in [2.45, 2.75) is 13.1 Å². The van der Waals surface area contributed by atoms with Crippen molar-refractivity contribution in [1.82, 2.24) is 10.6 Å². The van der Waals surface area contributed by atoms with Gasteiger partial charge in [-0.05, 0) is 59.7 Å². The summed E-state index contributed by atoms with van der Waals surface area (Å²) in [7, 11) is 0. The van der Waals surface area contributed by atoms with E-state index in [2.05, 4.69) is 10.6 Å². The van der Waals surface area contributed by atoms with E-state index in [1.54, 1.807) is 0 Å². The van der Waals surface area contributed by atoms with Gasteiger partial charge in [0.1, 0.15) is 11.6 Å². The minimum atomic E-state index is -0.396. The summed E-state index contributed by atoms with van der Waals surface area (Å²) in [4.78, 5) is 24.2. The van der Waals surface area contributed by atoms with Gasteiger partial charge in [0, 0.05) is 24.2 Å². The lowest BCUT2D eigenvalue weighted by atomic mass is 10.1. The van der Waals surface area contributed by atoms with Gasteiger partial charge in [0.15, 0.2) is 0 Å². The first-order valence-electron chi connectivity index (χ1n) is 8.66. The molecule has 3 aromatic rings. The molecule has 3 aromatic carbocycles. The van der Waals surface area contributed by atoms with Crippen LogP contribution in [0.5, 0.6) is 0 Å². The molecule has 0 atom stereocenters. The second-order valence-electron chi connectivity index (χ2n) is 6.20. The maximum absolute atomic E-state index is 12.9. The van der Waals surface area contributed by atoms with E-state index >= 15 is 0 Å². The molecule has 2 N–H and O–H groups in total. The van der Waals surface area contributed by atoms with Gasteiger partial charge in [0.05, 0.1) is 0 Å². The number of carbonyl (C=O) groups is 2. The number of hydrogen-bond acceptors (Lipinski definition) is 2. The van der Waals surface area contributed by atoms with Crippen LogP contribution in [-0.2, 0) is 13.1 Å². The zero-order valence-electron chi connectivity index (χ0n) is 14.9. The van der Waals surface area contributed by atoms with E-state index in [-0.39, 0.29) is 11.8 Å².